The van der Waals surface area contributed by atoms with E-state index in [0.717, 1.165) is 11.3 Å². The summed E-state index contributed by atoms with van der Waals surface area (Å²) < 4.78 is 0. The van der Waals surface area contributed by atoms with Gasteiger partial charge in [0.05, 0.1) is 0 Å². The SMILES string of the molecule is CCNC(=O)Nc1ccc(-c2nc(C(=O)NC(C)C)c(C(=O)NC)s2)cn1. The van der Waals surface area contributed by atoms with Crippen LogP contribution in [0.4, 0.5) is 10.6 Å². The first kappa shape index (κ1) is 20.3. The van der Waals surface area contributed by atoms with E-state index in [-0.39, 0.29) is 28.6 Å². The predicted molar refractivity (Wildman–Crippen MR) is 104 cm³/mol. The van der Waals surface area contributed by atoms with Crippen LogP contribution >= 0.6 is 11.3 Å². The number of carbonyl (C=O) groups excluding carboxylic acids is 3. The highest BCUT2D eigenvalue weighted by atomic mass is 32.1. The van der Waals surface area contributed by atoms with Crippen LogP contribution in [-0.2, 0) is 0 Å². The van der Waals surface area contributed by atoms with Gasteiger partial charge in [0.15, 0.2) is 5.69 Å². The van der Waals surface area contributed by atoms with E-state index in [0.29, 0.717) is 22.9 Å². The molecule has 0 unspecified atom stereocenters. The van der Waals surface area contributed by atoms with E-state index in [4.69, 9.17) is 0 Å². The minimum absolute atomic E-state index is 0.0765. The van der Waals surface area contributed by atoms with Crippen molar-refractivity contribution in [1.82, 2.24) is 25.9 Å². The number of hydrogen-bond acceptors (Lipinski definition) is 6. The second kappa shape index (κ2) is 9.08. The van der Waals surface area contributed by atoms with Crippen molar-refractivity contribution < 1.29 is 14.4 Å². The molecule has 0 saturated carbocycles. The average Bonchev–Trinajstić information content (AvgIpc) is 3.07. The summed E-state index contributed by atoms with van der Waals surface area (Å²) in [5.74, 6) is -0.408. The number of amides is 4. The Bertz CT molecular complexity index is 832. The lowest BCUT2D eigenvalue weighted by molar-refractivity contribution is 0.0916. The molecule has 0 radical (unpaired) electrons. The van der Waals surface area contributed by atoms with Gasteiger partial charge >= 0.3 is 6.03 Å². The van der Waals surface area contributed by atoms with Gasteiger partial charge in [-0.15, -0.1) is 11.3 Å². The van der Waals surface area contributed by atoms with E-state index in [1.54, 1.807) is 12.1 Å². The molecule has 0 spiro atoms. The van der Waals surface area contributed by atoms with Crippen molar-refractivity contribution in [2.24, 2.45) is 0 Å². The zero-order chi connectivity index (χ0) is 20.0. The van der Waals surface area contributed by atoms with Crippen LogP contribution in [0.1, 0.15) is 40.9 Å². The molecule has 9 nitrogen and oxygen atoms in total. The Morgan fingerprint density at radius 2 is 1.93 bits per heavy atom. The molecule has 10 heteroatoms. The van der Waals surface area contributed by atoms with Crippen LogP contribution in [0.3, 0.4) is 0 Å². The third-order valence-electron chi connectivity index (χ3n) is 3.28. The Kier molecular flexibility index (Phi) is 6.83. The van der Waals surface area contributed by atoms with Gasteiger partial charge in [0.25, 0.3) is 11.8 Å². The maximum Gasteiger partial charge on any atom is 0.320 e. The average molecular weight is 390 g/mol. The minimum atomic E-state index is -0.409. The number of nitrogens with zero attached hydrogens (tertiary/aromatic N) is 2. The highest BCUT2D eigenvalue weighted by molar-refractivity contribution is 7.17. The fourth-order valence-corrected chi connectivity index (χ4v) is 3.11. The van der Waals surface area contributed by atoms with E-state index in [9.17, 15) is 14.4 Å². The number of rotatable bonds is 6. The van der Waals surface area contributed by atoms with Crippen molar-refractivity contribution in [3.05, 3.63) is 28.9 Å². The van der Waals surface area contributed by atoms with Crippen LogP contribution in [0.25, 0.3) is 10.6 Å². The predicted octanol–water partition coefficient (Wildman–Crippen LogP) is 1.84. The maximum absolute atomic E-state index is 12.4. The molecule has 0 atom stereocenters. The normalized spacial score (nSPS) is 10.4. The summed E-state index contributed by atoms with van der Waals surface area (Å²) in [4.78, 5) is 44.7. The third kappa shape index (κ3) is 5.23. The number of anilines is 1. The van der Waals surface area contributed by atoms with Crippen LogP contribution in [0.15, 0.2) is 18.3 Å². The molecular weight excluding hydrogens is 368 g/mol. The Morgan fingerprint density at radius 3 is 2.48 bits per heavy atom. The Labute approximate surface area is 161 Å². The van der Waals surface area contributed by atoms with Gasteiger partial charge in [-0.1, -0.05) is 0 Å². The van der Waals surface area contributed by atoms with Crippen LogP contribution in [-0.4, -0.2) is 47.4 Å². The van der Waals surface area contributed by atoms with Crippen molar-refractivity contribution >= 4 is 35.0 Å². The molecule has 2 aromatic rings. The fraction of sp³-hybridized carbons (Fsp3) is 0.353. The lowest BCUT2D eigenvalue weighted by Gasteiger charge is -2.07. The van der Waals surface area contributed by atoms with Gasteiger partial charge in [-0.05, 0) is 32.9 Å². The summed E-state index contributed by atoms with van der Waals surface area (Å²) in [6.07, 6.45) is 1.53. The van der Waals surface area contributed by atoms with Crippen LogP contribution in [0.2, 0.25) is 0 Å². The number of hydrogen-bond donors (Lipinski definition) is 4. The minimum Gasteiger partial charge on any atom is -0.354 e. The van der Waals surface area contributed by atoms with Gasteiger partial charge in [0.2, 0.25) is 0 Å². The molecule has 0 aromatic carbocycles. The van der Waals surface area contributed by atoms with Gasteiger partial charge in [0, 0.05) is 31.4 Å². The van der Waals surface area contributed by atoms with E-state index in [2.05, 4.69) is 31.2 Å². The standard InChI is InChI=1S/C17H22N6O3S/c1-5-19-17(26)22-11-7-6-10(8-20-11)16-23-12(14(24)21-9(2)3)13(27-16)15(25)18-4/h6-9H,5H2,1-4H3,(H,18,25)(H,21,24)(H2,19,20,22,26). The first-order valence-corrected chi connectivity index (χ1v) is 9.22. The topological polar surface area (TPSA) is 125 Å². The molecule has 0 bridgehead atoms. The molecule has 144 valence electrons. The van der Waals surface area contributed by atoms with Crippen molar-refractivity contribution in [3.63, 3.8) is 0 Å². The lowest BCUT2D eigenvalue weighted by Crippen LogP contribution is -2.32. The summed E-state index contributed by atoms with van der Waals surface area (Å²) in [7, 11) is 1.50. The monoisotopic (exact) mass is 390 g/mol. The molecule has 4 amide bonds. The van der Waals surface area contributed by atoms with Gasteiger partial charge in [0.1, 0.15) is 15.7 Å². The summed E-state index contributed by atoms with van der Waals surface area (Å²) in [6, 6.07) is 2.91. The molecule has 4 N–H and O–H groups in total. The van der Waals surface area contributed by atoms with E-state index in [1.807, 2.05) is 20.8 Å². The number of thiazole rings is 1. The molecule has 2 rings (SSSR count). The first-order chi connectivity index (χ1) is 12.8. The van der Waals surface area contributed by atoms with Crippen LogP contribution < -0.4 is 21.3 Å². The smallest absolute Gasteiger partial charge is 0.320 e. The highest BCUT2D eigenvalue weighted by Crippen LogP contribution is 2.28. The zero-order valence-electron chi connectivity index (χ0n) is 15.5. The molecule has 27 heavy (non-hydrogen) atoms. The van der Waals surface area contributed by atoms with Gasteiger partial charge in [-0.2, -0.15) is 0 Å². The molecule has 0 aliphatic carbocycles. The zero-order valence-corrected chi connectivity index (χ0v) is 16.4. The number of pyridine rings is 1. The summed E-state index contributed by atoms with van der Waals surface area (Å²) >= 11 is 1.10. The van der Waals surface area contributed by atoms with Crippen molar-refractivity contribution in [3.8, 4) is 10.6 Å². The molecule has 2 heterocycles. The Morgan fingerprint density at radius 1 is 1.19 bits per heavy atom. The largest absolute Gasteiger partial charge is 0.354 e. The maximum atomic E-state index is 12.4. The lowest BCUT2D eigenvalue weighted by atomic mass is 10.2. The Balaban J connectivity index is 2.30. The quantitative estimate of drug-likeness (QED) is 0.599. The summed E-state index contributed by atoms with van der Waals surface area (Å²) in [6.45, 7) is 5.98. The van der Waals surface area contributed by atoms with E-state index in [1.165, 1.54) is 13.2 Å². The summed E-state index contributed by atoms with van der Waals surface area (Å²) in [5, 5.41) is 11.0. The summed E-state index contributed by atoms with van der Waals surface area (Å²) in [5.41, 5.74) is 0.711. The number of carbonyl (C=O) groups is 3. The molecular formula is C17H22N6O3S. The number of urea groups is 1. The second-order valence-electron chi connectivity index (χ2n) is 5.82. The molecule has 0 saturated heterocycles. The molecule has 0 fully saturated rings. The van der Waals surface area contributed by atoms with Crippen molar-refractivity contribution in [2.75, 3.05) is 18.9 Å². The van der Waals surface area contributed by atoms with E-state index < -0.39 is 5.91 Å². The third-order valence-corrected chi connectivity index (χ3v) is 4.39. The van der Waals surface area contributed by atoms with Crippen LogP contribution in [0.5, 0.6) is 0 Å². The number of nitrogens with one attached hydrogen (secondary N) is 4. The van der Waals surface area contributed by atoms with Gasteiger partial charge in [-0.3, -0.25) is 14.9 Å². The number of aromatic nitrogens is 2. The Hall–Kier alpha value is -3.01. The van der Waals surface area contributed by atoms with E-state index >= 15 is 0 Å². The van der Waals surface area contributed by atoms with Crippen LogP contribution in [0, 0.1) is 0 Å². The van der Waals surface area contributed by atoms with Crippen molar-refractivity contribution in [1.29, 1.82) is 0 Å². The fourth-order valence-electron chi connectivity index (χ4n) is 2.11. The van der Waals surface area contributed by atoms with Gasteiger partial charge < -0.3 is 16.0 Å². The first-order valence-electron chi connectivity index (χ1n) is 8.40. The second-order valence-corrected chi connectivity index (χ2v) is 6.82. The molecule has 0 aliphatic rings. The van der Waals surface area contributed by atoms with Crippen molar-refractivity contribution in [2.45, 2.75) is 26.8 Å². The highest BCUT2D eigenvalue weighted by Gasteiger charge is 2.24. The molecule has 0 aliphatic heterocycles. The molecule has 2 aromatic heterocycles. The van der Waals surface area contributed by atoms with Gasteiger partial charge in [-0.25, -0.2) is 14.8 Å².